The number of rotatable bonds is 3. The number of fused-ring (bicyclic) bond motifs is 3. The first-order valence-corrected chi connectivity index (χ1v) is 9.38. The number of benzene rings is 2. The van der Waals surface area contributed by atoms with Gasteiger partial charge in [0.15, 0.2) is 11.5 Å². The highest BCUT2D eigenvalue weighted by molar-refractivity contribution is 6.02. The Kier molecular flexibility index (Phi) is 4.04. The summed E-state index contributed by atoms with van der Waals surface area (Å²) in [6, 6.07) is 10.4. The predicted molar refractivity (Wildman–Crippen MR) is 107 cm³/mol. The maximum absolute atomic E-state index is 12.6. The summed E-state index contributed by atoms with van der Waals surface area (Å²) >= 11 is 0. The number of aryl methyl sites for hydroxylation is 1. The molecule has 0 spiro atoms. The molecule has 8 nitrogen and oxygen atoms in total. The quantitative estimate of drug-likeness (QED) is 0.547. The van der Waals surface area contributed by atoms with E-state index in [0.29, 0.717) is 40.2 Å². The van der Waals surface area contributed by atoms with E-state index in [1.807, 2.05) is 18.2 Å². The van der Waals surface area contributed by atoms with E-state index in [4.69, 9.17) is 9.47 Å². The third-order valence-electron chi connectivity index (χ3n) is 5.19. The van der Waals surface area contributed by atoms with Crippen LogP contribution in [0.5, 0.6) is 11.5 Å². The minimum atomic E-state index is -0.366. The zero-order valence-electron chi connectivity index (χ0n) is 15.8. The van der Waals surface area contributed by atoms with Crippen molar-refractivity contribution < 1.29 is 14.3 Å². The molecule has 0 unspecified atom stereocenters. The summed E-state index contributed by atoms with van der Waals surface area (Å²) in [5.41, 5.74) is 4.89. The first-order chi connectivity index (χ1) is 14.1. The Hall–Kier alpha value is -3.68. The van der Waals surface area contributed by atoms with Crippen LogP contribution in [0.1, 0.15) is 35.1 Å². The molecule has 3 aromatic rings. The molecule has 2 aliphatic rings. The molecule has 1 N–H and O–H groups in total. The van der Waals surface area contributed by atoms with E-state index < -0.39 is 0 Å². The second kappa shape index (κ2) is 6.73. The Morgan fingerprint density at radius 2 is 1.97 bits per heavy atom. The Balaban J connectivity index is 1.39. The summed E-state index contributed by atoms with van der Waals surface area (Å²) in [6.07, 6.45) is 1.69. The van der Waals surface area contributed by atoms with E-state index in [9.17, 15) is 9.59 Å². The maximum Gasteiger partial charge on any atom is 0.271 e. The van der Waals surface area contributed by atoms with Gasteiger partial charge in [-0.05, 0) is 49.7 Å². The number of hydrazone groups is 1. The fourth-order valence-electron chi connectivity index (χ4n) is 3.61. The smallest absolute Gasteiger partial charge is 0.271 e. The first-order valence-electron chi connectivity index (χ1n) is 9.38. The molecule has 0 saturated carbocycles. The number of hydrogen-bond donors (Lipinski definition) is 1. The van der Waals surface area contributed by atoms with E-state index in [-0.39, 0.29) is 18.3 Å². The van der Waals surface area contributed by atoms with E-state index in [0.717, 1.165) is 24.2 Å². The first kappa shape index (κ1) is 17.4. The van der Waals surface area contributed by atoms with Crippen molar-refractivity contribution in [2.75, 3.05) is 6.79 Å². The molecule has 0 radical (unpaired) electrons. The van der Waals surface area contributed by atoms with Gasteiger partial charge in [-0.15, -0.1) is 0 Å². The lowest BCUT2D eigenvalue weighted by atomic mass is 10.1. The molecule has 2 aromatic carbocycles. The molecule has 2 aliphatic heterocycles. The van der Waals surface area contributed by atoms with Crippen molar-refractivity contribution >= 4 is 22.5 Å². The third-order valence-corrected chi connectivity index (χ3v) is 5.19. The van der Waals surface area contributed by atoms with Gasteiger partial charge < -0.3 is 9.47 Å². The molecule has 1 aromatic heterocycles. The minimum Gasteiger partial charge on any atom is -0.454 e. The van der Waals surface area contributed by atoms with Gasteiger partial charge in [0.2, 0.25) is 6.79 Å². The monoisotopic (exact) mass is 390 g/mol. The SMILES string of the molecule is C/C(=N/NC(=O)c1ccc2c(=O)n3c(nc2c1)CCC3)c1ccc2c(c1)OCO2. The van der Waals surface area contributed by atoms with Crippen molar-refractivity contribution in [3.05, 3.63) is 63.7 Å². The highest BCUT2D eigenvalue weighted by Gasteiger charge is 2.17. The number of nitrogens with zero attached hydrogens (tertiary/aromatic N) is 3. The van der Waals surface area contributed by atoms with Crippen molar-refractivity contribution in [1.29, 1.82) is 0 Å². The summed E-state index contributed by atoms with van der Waals surface area (Å²) in [7, 11) is 0. The van der Waals surface area contributed by atoms with Gasteiger partial charge in [-0.2, -0.15) is 5.10 Å². The number of carbonyl (C=O) groups is 1. The number of nitrogens with one attached hydrogen (secondary N) is 1. The van der Waals surface area contributed by atoms with Crippen LogP contribution in [0.3, 0.4) is 0 Å². The van der Waals surface area contributed by atoms with Crippen molar-refractivity contribution in [3.63, 3.8) is 0 Å². The van der Waals surface area contributed by atoms with Gasteiger partial charge in [0.1, 0.15) is 5.82 Å². The number of aromatic nitrogens is 2. The molecular weight excluding hydrogens is 372 g/mol. The van der Waals surface area contributed by atoms with Crippen LogP contribution in [0.25, 0.3) is 10.9 Å². The standard InChI is InChI=1S/C21H18N4O4/c1-12(13-5-7-17-18(10-13)29-11-28-17)23-24-20(26)14-4-6-15-16(9-14)22-19-3-2-8-25(19)21(15)27/h4-7,9-10H,2-3,8,11H2,1H3,(H,24,26)/b23-12-. The lowest BCUT2D eigenvalue weighted by Gasteiger charge is -2.07. The van der Waals surface area contributed by atoms with Crippen molar-refractivity contribution in [2.24, 2.45) is 5.10 Å². The lowest BCUT2D eigenvalue weighted by molar-refractivity contribution is 0.0955. The fraction of sp³-hybridized carbons (Fsp3) is 0.238. The van der Waals surface area contributed by atoms with Crippen LogP contribution < -0.4 is 20.5 Å². The van der Waals surface area contributed by atoms with E-state index in [2.05, 4.69) is 15.5 Å². The second-order valence-corrected chi connectivity index (χ2v) is 7.03. The summed E-state index contributed by atoms with van der Waals surface area (Å²) in [5.74, 6) is 1.76. The van der Waals surface area contributed by atoms with Crippen LogP contribution in [-0.2, 0) is 13.0 Å². The van der Waals surface area contributed by atoms with Gasteiger partial charge >= 0.3 is 0 Å². The highest BCUT2D eigenvalue weighted by Crippen LogP contribution is 2.32. The van der Waals surface area contributed by atoms with E-state index in [1.54, 1.807) is 29.7 Å². The average molecular weight is 390 g/mol. The summed E-state index contributed by atoms with van der Waals surface area (Å²) in [5, 5.41) is 4.71. The predicted octanol–water partition coefficient (Wildman–Crippen LogP) is 2.23. The zero-order valence-corrected chi connectivity index (χ0v) is 15.8. The summed E-state index contributed by atoms with van der Waals surface area (Å²) in [4.78, 5) is 29.6. The number of hydrogen-bond acceptors (Lipinski definition) is 6. The molecule has 3 heterocycles. The molecule has 0 bridgehead atoms. The number of amides is 1. The highest BCUT2D eigenvalue weighted by atomic mass is 16.7. The Morgan fingerprint density at radius 3 is 2.86 bits per heavy atom. The van der Waals surface area contributed by atoms with Crippen LogP contribution in [0.4, 0.5) is 0 Å². The van der Waals surface area contributed by atoms with Crippen molar-refractivity contribution in [1.82, 2.24) is 15.0 Å². The zero-order chi connectivity index (χ0) is 20.0. The molecule has 0 fully saturated rings. The van der Waals surface area contributed by atoms with Crippen molar-refractivity contribution in [3.8, 4) is 11.5 Å². The average Bonchev–Trinajstić information content (AvgIpc) is 3.40. The normalized spacial score (nSPS) is 14.9. The Labute approximate surface area is 165 Å². The van der Waals surface area contributed by atoms with Gasteiger partial charge in [-0.25, -0.2) is 10.4 Å². The van der Waals surface area contributed by atoms with E-state index in [1.165, 1.54) is 0 Å². The van der Waals surface area contributed by atoms with Gasteiger partial charge in [-0.1, -0.05) is 0 Å². The van der Waals surface area contributed by atoms with Gasteiger partial charge in [0, 0.05) is 24.1 Å². The number of carbonyl (C=O) groups excluding carboxylic acids is 1. The third kappa shape index (κ3) is 3.02. The molecule has 5 rings (SSSR count). The molecule has 1 amide bonds. The lowest BCUT2D eigenvalue weighted by Crippen LogP contribution is -2.22. The topological polar surface area (TPSA) is 94.8 Å². The largest absolute Gasteiger partial charge is 0.454 e. The fourth-order valence-corrected chi connectivity index (χ4v) is 3.61. The summed E-state index contributed by atoms with van der Waals surface area (Å²) < 4.78 is 12.4. The number of ether oxygens (including phenoxy) is 2. The van der Waals surface area contributed by atoms with Crippen LogP contribution >= 0.6 is 0 Å². The Bertz CT molecular complexity index is 1250. The van der Waals surface area contributed by atoms with Gasteiger partial charge in [0.05, 0.1) is 16.6 Å². The van der Waals surface area contributed by atoms with Crippen LogP contribution in [0, 0.1) is 0 Å². The molecule has 29 heavy (non-hydrogen) atoms. The van der Waals surface area contributed by atoms with Crippen LogP contribution in [0.15, 0.2) is 46.3 Å². The van der Waals surface area contributed by atoms with Crippen LogP contribution in [0.2, 0.25) is 0 Å². The molecule has 0 saturated heterocycles. The maximum atomic E-state index is 12.6. The van der Waals surface area contributed by atoms with Gasteiger partial charge in [0.25, 0.3) is 11.5 Å². The van der Waals surface area contributed by atoms with Crippen LogP contribution in [-0.4, -0.2) is 28.0 Å². The second-order valence-electron chi connectivity index (χ2n) is 7.03. The van der Waals surface area contributed by atoms with Crippen molar-refractivity contribution in [2.45, 2.75) is 26.3 Å². The van der Waals surface area contributed by atoms with E-state index >= 15 is 0 Å². The Morgan fingerprint density at radius 1 is 1.14 bits per heavy atom. The molecule has 0 atom stereocenters. The molecular formula is C21H18N4O4. The molecule has 8 heteroatoms. The van der Waals surface area contributed by atoms with Gasteiger partial charge in [-0.3, -0.25) is 14.2 Å². The minimum absolute atomic E-state index is 0.0499. The summed E-state index contributed by atoms with van der Waals surface area (Å²) in [6.45, 7) is 2.70. The molecule has 0 aliphatic carbocycles. The molecule has 146 valence electrons.